The molecule has 0 spiro atoms. The number of ether oxygens (including phenoxy) is 2. The van der Waals surface area contributed by atoms with Gasteiger partial charge in [-0.2, -0.15) is 35.8 Å². The molecule has 0 aliphatic carbocycles. The van der Waals surface area contributed by atoms with Crippen LogP contribution in [0.15, 0.2) is 40.4 Å². The van der Waals surface area contributed by atoms with E-state index in [1.165, 1.54) is 0 Å². The normalized spacial score (nSPS) is 12.7. The first kappa shape index (κ1) is 32.0. The fourth-order valence-corrected chi connectivity index (χ4v) is 4.11. The van der Waals surface area contributed by atoms with Crippen LogP contribution in [0.4, 0.5) is 46.6 Å². The summed E-state index contributed by atoms with van der Waals surface area (Å²) in [6, 6.07) is 0.801. The van der Waals surface area contributed by atoms with Gasteiger partial charge in [-0.05, 0) is 25.0 Å². The molecule has 0 aliphatic rings. The van der Waals surface area contributed by atoms with E-state index in [9.17, 15) is 44.7 Å². The van der Waals surface area contributed by atoms with Gasteiger partial charge in [0.1, 0.15) is 11.4 Å². The minimum atomic E-state index is -5.09. The van der Waals surface area contributed by atoms with E-state index in [1.807, 2.05) is 0 Å². The van der Waals surface area contributed by atoms with Crippen molar-refractivity contribution < 1.29 is 44.6 Å². The van der Waals surface area contributed by atoms with Crippen molar-refractivity contribution in [2.45, 2.75) is 44.8 Å². The van der Waals surface area contributed by atoms with Gasteiger partial charge in [-0.15, -0.1) is 0 Å². The lowest BCUT2D eigenvalue weighted by atomic mass is 10.1. The molecule has 44 heavy (non-hydrogen) atoms. The Morgan fingerprint density at radius 1 is 1.07 bits per heavy atom. The highest BCUT2D eigenvalue weighted by atomic mass is 19.4. The number of nitrogen functional groups attached to an aromatic ring is 1. The van der Waals surface area contributed by atoms with Crippen molar-refractivity contribution in [2.75, 3.05) is 17.7 Å². The number of anilines is 2. The third-order valence-corrected chi connectivity index (χ3v) is 6.03. The van der Waals surface area contributed by atoms with Crippen LogP contribution < -0.4 is 26.9 Å². The van der Waals surface area contributed by atoms with Gasteiger partial charge in [-0.25, -0.2) is 24.4 Å². The van der Waals surface area contributed by atoms with E-state index < -0.39 is 71.8 Å². The quantitative estimate of drug-likeness (QED) is 0.195. The summed E-state index contributed by atoms with van der Waals surface area (Å²) in [5.41, 5.74) is 0.685. The van der Waals surface area contributed by atoms with E-state index in [2.05, 4.69) is 34.8 Å². The summed E-state index contributed by atoms with van der Waals surface area (Å²) in [7, 11) is 0. The van der Waals surface area contributed by atoms with Gasteiger partial charge in [0.25, 0.3) is 11.1 Å². The molecule has 0 saturated carbocycles. The minimum absolute atomic E-state index is 0.00378. The first-order valence-corrected chi connectivity index (χ1v) is 12.3. The Morgan fingerprint density at radius 3 is 2.48 bits per heavy atom. The van der Waals surface area contributed by atoms with Crippen LogP contribution in [0, 0.1) is 5.82 Å². The molecule has 0 bridgehead atoms. The number of aryl methyl sites for hydroxylation is 1. The molecule has 12 nitrogen and oxygen atoms in total. The highest BCUT2D eigenvalue weighted by molar-refractivity contribution is 5.82. The first-order valence-electron chi connectivity index (χ1n) is 12.3. The number of rotatable bonds is 12. The Balaban J connectivity index is 1.53. The third-order valence-electron chi connectivity index (χ3n) is 6.03. The molecule has 4 rings (SSSR count). The van der Waals surface area contributed by atoms with Gasteiger partial charge in [0, 0.05) is 12.6 Å². The molecule has 4 aromatic rings. The molecule has 0 saturated heterocycles. The number of H-pyrrole nitrogens is 1. The van der Waals surface area contributed by atoms with Crippen molar-refractivity contribution in [1.29, 1.82) is 0 Å². The maximum Gasteiger partial charge on any atom is 0.423 e. The molecular formula is C24H20F8N8O4. The topological polar surface area (TPSA) is 163 Å². The summed E-state index contributed by atoms with van der Waals surface area (Å²) in [4.78, 5) is 36.3. The van der Waals surface area contributed by atoms with Crippen molar-refractivity contribution >= 4 is 22.4 Å². The molecule has 0 amide bonds. The molecule has 3 aromatic heterocycles. The van der Waals surface area contributed by atoms with Gasteiger partial charge in [-0.1, -0.05) is 0 Å². The summed E-state index contributed by atoms with van der Waals surface area (Å²) in [5, 5.41) is 7.12. The van der Waals surface area contributed by atoms with Gasteiger partial charge < -0.3 is 20.5 Å². The van der Waals surface area contributed by atoms with Crippen LogP contribution in [0.5, 0.6) is 5.75 Å². The molecule has 4 N–H and O–H groups in total. The molecule has 1 atom stereocenters. The van der Waals surface area contributed by atoms with Crippen LogP contribution >= 0.6 is 0 Å². The van der Waals surface area contributed by atoms with Crippen LogP contribution in [0.1, 0.15) is 18.4 Å². The summed E-state index contributed by atoms with van der Waals surface area (Å²) < 4.78 is 115. The molecule has 1 unspecified atom stereocenters. The average molecular weight is 636 g/mol. The number of aromatic nitrogens is 6. The second kappa shape index (κ2) is 13.2. The van der Waals surface area contributed by atoms with Gasteiger partial charge >= 0.3 is 19.4 Å². The van der Waals surface area contributed by atoms with Gasteiger partial charge in [0.05, 0.1) is 47.5 Å². The zero-order valence-corrected chi connectivity index (χ0v) is 21.9. The van der Waals surface area contributed by atoms with E-state index >= 15 is 0 Å². The number of benzene rings is 1. The predicted octanol–water partition coefficient (Wildman–Crippen LogP) is 3.78. The SMILES string of the molecule is Nc1nc(-c2cc3ncn(CCCC(COC(F)F)Nc4cn[nH]c(=O)c4C(F)(F)F)c(=O)c3cc2F)ncc1OC(F)F. The first-order chi connectivity index (χ1) is 20.7. The van der Waals surface area contributed by atoms with Crippen molar-refractivity contribution in [3.63, 3.8) is 0 Å². The van der Waals surface area contributed by atoms with E-state index in [0.717, 1.165) is 29.2 Å². The Morgan fingerprint density at radius 2 is 1.82 bits per heavy atom. The van der Waals surface area contributed by atoms with Crippen LogP contribution in [-0.2, 0) is 17.5 Å². The molecule has 236 valence electrons. The molecular weight excluding hydrogens is 616 g/mol. The highest BCUT2D eigenvalue weighted by Crippen LogP contribution is 2.32. The molecule has 0 radical (unpaired) electrons. The second-order valence-corrected chi connectivity index (χ2v) is 8.98. The molecule has 1 aromatic carbocycles. The Bertz CT molecular complexity index is 1750. The average Bonchev–Trinajstić information content (AvgIpc) is 2.93. The largest absolute Gasteiger partial charge is 0.429 e. The summed E-state index contributed by atoms with van der Waals surface area (Å²) in [6.45, 7) is -7.32. The number of nitrogens with one attached hydrogen (secondary N) is 2. The van der Waals surface area contributed by atoms with Crippen LogP contribution in [0.3, 0.4) is 0 Å². The number of nitrogens with two attached hydrogens (primary N) is 1. The number of fused-ring (bicyclic) bond motifs is 1. The van der Waals surface area contributed by atoms with Crippen molar-refractivity contribution in [1.82, 2.24) is 29.7 Å². The lowest BCUT2D eigenvalue weighted by Gasteiger charge is -2.22. The van der Waals surface area contributed by atoms with Crippen LogP contribution in [-0.4, -0.2) is 55.6 Å². The summed E-state index contributed by atoms with van der Waals surface area (Å²) >= 11 is 0. The van der Waals surface area contributed by atoms with E-state index in [0.29, 0.717) is 6.20 Å². The Labute approximate surface area is 239 Å². The Hall–Kier alpha value is -4.88. The number of alkyl halides is 7. The van der Waals surface area contributed by atoms with E-state index in [-0.39, 0.29) is 41.7 Å². The third kappa shape index (κ3) is 7.54. The van der Waals surface area contributed by atoms with Crippen LogP contribution in [0.25, 0.3) is 22.3 Å². The number of hydrogen-bond donors (Lipinski definition) is 3. The van der Waals surface area contributed by atoms with Crippen molar-refractivity contribution in [2.24, 2.45) is 0 Å². The fourth-order valence-electron chi connectivity index (χ4n) is 4.11. The molecule has 3 heterocycles. The second-order valence-electron chi connectivity index (χ2n) is 8.98. The summed E-state index contributed by atoms with van der Waals surface area (Å²) in [6.07, 6.45) is -2.61. The number of nitrogens with zero attached hydrogens (tertiary/aromatic N) is 5. The summed E-state index contributed by atoms with van der Waals surface area (Å²) in [5.74, 6) is -2.30. The highest BCUT2D eigenvalue weighted by Gasteiger charge is 2.37. The molecule has 0 fully saturated rings. The zero-order chi connectivity index (χ0) is 32.2. The standard InChI is InChI=1S/C24H20F8N8O4/c25-13-4-12-14(5-11(13)19-34-7-16(18(33)38-19)44-23(28)29)35-9-40(21(12)42)3-1-2-10(8-43-22(26)27)37-15-6-36-39-20(41)17(15)24(30,31)32/h4-7,9-10,22-23H,1-3,8H2,(H2,33,34,38)(H2,37,39,41). The number of hydrogen-bond acceptors (Lipinski definition) is 10. The van der Waals surface area contributed by atoms with E-state index in [4.69, 9.17) is 5.73 Å². The number of halogens is 8. The smallest absolute Gasteiger partial charge is 0.423 e. The number of aromatic amines is 1. The maximum absolute atomic E-state index is 15.0. The maximum atomic E-state index is 15.0. The Kier molecular flexibility index (Phi) is 9.60. The molecule has 20 heteroatoms. The predicted molar refractivity (Wildman–Crippen MR) is 136 cm³/mol. The monoisotopic (exact) mass is 636 g/mol. The van der Waals surface area contributed by atoms with Crippen molar-refractivity contribution in [3.8, 4) is 17.1 Å². The van der Waals surface area contributed by atoms with Gasteiger partial charge in [-0.3, -0.25) is 14.2 Å². The van der Waals surface area contributed by atoms with Crippen molar-refractivity contribution in [3.05, 3.63) is 62.9 Å². The lowest BCUT2D eigenvalue weighted by Crippen LogP contribution is -2.32. The minimum Gasteiger partial charge on any atom is -0.429 e. The molecule has 0 aliphatic heterocycles. The lowest BCUT2D eigenvalue weighted by molar-refractivity contribution is -0.138. The zero-order valence-electron chi connectivity index (χ0n) is 21.9. The van der Waals surface area contributed by atoms with Gasteiger partial charge in [0.15, 0.2) is 17.4 Å². The van der Waals surface area contributed by atoms with Crippen LogP contribution in [0.2, 0.25) is 0 Å². The van der Waals surface area contributed by atoms with E-state index in [1.54, 1.807) is 5.10 Å². The van der Waals surface area contributed by atoms with Gasteiger partial charge in [0.2, 0.25) is 0 Å². The fraction of sp³-hybridized carbons (Fsp3) is 0.333.